The van der Waals surface area contributed by atoms with Gasteiger partial charge in [0, 0.05) is 11.3 Å². The molecule has 0 amide bonds. The average Bonchev–Trinajstić information content (AvgIpc) is 2.20. The van der Waals surface area contributed by atoms with Crippen LogP contribution in [-0.4, -0.2) is 27.5 Å². The lowest BCUT2D eigenvalue weighted by atomic mass is 10.2. The Morgan fingerprint density at radius 1 is 1.60 bits per heavy atom. The Morgan fingerprint density at radius 3 is 2.87 bits per heavy atom. The van der Waals surface area contributed by atoms with Crippen molar-refractivity contribution in [2.24, 2.45) is 0 Å². The highest BCUT2D eigenvalue weighted by atomic mass is 32.2. The van der Waals surface area contributed by atoms with E-state index in [4.69, 9.17) is 5.73 Å². The third kappa shape index (κ3) is 3.54. The van der Waals surface area contributed by atoms with E-state index < -0.39 is 5.82 Å². The number of hydrogen-bond donors (Lipinski definition) is 2. The van der Waals surface area contributed by atoms with Crippen molar-refractivity contribution in [1.82, 2.24) is 9.97 Å². The quantitative estimate of drug-likeness (QED) is 0.825. The van der Waals surface area contributed by atoms with Crippen LogP contribution in [0.4, 0.5) is 16.2 Å². The largest absolute Gasteiger partial charge is 0.368 e. The van der Waals surface area contributed by atoms with E-state index in [2.05, 4.69) is 29.1 Å². The monoisotopic (exact) mass is 230 g/mol. The number of nitrogens with one attached hydrogen (secondary N) is 1. The summed E-state index contributed by atoms with van der Waals surface area (Å²) in [5, 5.41) is 2.92. The summed E-state index contributed by atoms with van der Waals surface area (Å²) >= 11 is 1.70. The van der Waals surface area contributed by atoms with Crippen molar-refractivity contribution < 1.29 is 4.39 Å². The number of thioether (sulfide) groups is 1. The molecule has 0 aliphatic rings. The second-order valence-corrected chi connectivity index (χ2v) is 5.26. The number of rotatable bonds is 4. The van der Waals surface area contributed by atoms with Gasteiger partial charge in [0.1, 0.15) is 0 Å². The van der Waals surface area contributed by atoms with Gasteiger partial charge < -0.3 is 11.1 Å². The van der Waals surface area contributed by atoms with Crippen LogP contribution in [0.15, 0.2) is 6.20 Å². The highest BCUT2D eigenvalue weighted by Crippen LogP contribution is 2.22. The maximum atomic E-state index is 13.2. The normalized spacial score (nSPS) is 11.5. The van der Waals surface area contributed by atoms with Gasteiger partial charge in [0.2, 0.25) is 5.95 Å². The van der Waals surface area contributed by atoms with E-state index in [1.165, 1.54) is 0 Å². The fourth-order valence-electron chi connectivity index (χ4n) is 0.873. The molecule has 15 heavy (non-hydrogen) atoms. The third-order valence-electron chi connectivity index (χ3n) is 2.00. The van der Waals surface area contributed by atoms with Gasteiger partial charge >= 0.3 is 0 Å². The van der Waals surface area contributed by atoms with E-state index in [0.29, 0.717) is 6.54 Å². The van der Waals surface area contributed by atoms with Crippen molar-refractivity contribution in [3.05, 3.63) is 12.0 Å². The van der Waals surface area contributed by atoms with Crippen molar-refractivity contribution in [2.45, 2.75) is 18.6 Å². The van der Waals surface area contributed by atoms with E-state index in [1.807, 2.05) is 6.26 Å². The highest BCUT2D eigenvalue weighted by molar-refractivity contribution is 7.99. The first-order valence-electron chi connectivity index (χ1n) is 4.51. The predicted molar refractivity (Wildman–Crippen MR) is 62.5 cm³/mol. The van der Waals surface area contributed by atoms with Gasteiger partial charge in [-0.2, -0.15) is 16.7 Å². The molecule has 1 aromatic rings. The molecule has 0 unspecified atom stereocenters. The summed E-state index contributed by atoms with van der Waals surface area (Å²) in [6, 6.07) is 0. The molecule has 0 bridgehead atoms. The fraction of sp³-hybridized carbons (Fsp3) is 0.556. The van der Waals surface area contributed by atoms with Gasteiger partial charge in [-0.05, 0) is 20.1 Å². The van der Waals surface area contributed by atoms with Crippen LogP contribution in [0.5, 0.6) is 0 Å². The molecule has 3 N–H and O–H groups in total. The summed E-state index contributed by atoms with van der Waals surface area (Å²) in [6.07, 6.45) is 3.07. The van der Waals surface area contributed by atoms with Crippen LogP contribution in [-0.2, 0) is 0 Å². The Labute approximate surface area is 92.9 Å². The lowest BCUT2D eigenvalue weighted by molar-refractivity contribution is 0.615. The Kier molecular flexibility index (Phi) is 3.73. The molecule has 84 valence electrons. The molecule has 6 heteroatoms. The summed E-state index contributed by atoms with van der Waals surface area (Å²) < 4.78 is 13.2. The number of aromatic nitrogens is 2. The number of nitrogen functional groups attached to an aromatic ring is 1. The molecule has 4 nitrogen and oxygen atoms in total. The van der Waals surface area contributed by atoms with Crippen LogP contribution >= 0.6 is 11.8 Å². The molecular weight excluding hydrogens is 215 g/mol. The molecule has 0 spiro atoms. The first-order valence-corrected chi connectivity index (χ1v) is 5.74. The maximum Gasteiger partial charge on any atom is 0.222 e. The van der Waals surface area contributed by atoms with Crippen molar-refractivity contribution in [3.63, 3.8) is 0 Å². The highest BCUT2D eigenvalue weighted by Gasteiger charge is 2.16. The summed E-state index contributed by atoms with van der Waals surface area (Å²) in [5.41, 5.74) is 5.37. The summed E-state index contributed by atoms with van der Waals surface area (Å²) in [7, 11) is 0. The van der Waals surface area contributed by atoms with Crippen molar-refractivity contribution in [3.8, 4) is 0 Å². The number of hydrogen-bond acceptors (Lipinski definition) is 5. The summed E-state index contributed by atoms with van der Waals surface area (Å²) in [5.74, 6) is -0.258. The number of nitrogens with zero attached hydrogens (tertiary/aromatic N) is 2. The van der Waals surface area contributed by atoms with E-state index in [9.17, 15) is 4.39 Å². The van der Waals surface area contributed by atoms with E-state index >= 15 is 0 Å². The van der Waals surface area contributed by atoms with Crippen LogP contribution in [0.2, 0.25) is 0 Å². The zero-order chi connectivity index (χ0) is 11.5. The number of halogens is 1. The second-order valence-electron chi connectivity index (χ2n) is 3.74. The number of nitrogens with two attached hydrogens (primary N) is 1. The topological polar surface area (TPSA) is 63.8 Å². The molecule has 0 atom stereocenters. The minimum absolute atomic E-state index is 0.0200. The zero-order valence-electron chi connectivity index (χ0n) is 9.04. The van der Waals surface area contributed by atoms with E-state index in [1.54, 1.807) is 11.8 Å². The fourth-order valence-corrected chi connectivity index (χ4v) is 1.09. The Hall–Kier alpha value is -1.04. The first-order chi connectivity index (χ1) is 6.94. The van der Waals surface area contributed by atoms with Gasteiger partial charge in [0.15, 0.2) is 11.6 Å². The van der Waals surface area contributed by atoms with Gasteiger partial charge in [-0.15, -0.1) is 0 Å². The van der Waals surface area contributed by atoms with Crippen LogP contribution in [0.3, 0.4) is 0 Å². The SMILES string of the molecule is CSC(C)(C)CNc1nc(N)ncc1F. The second kappa shape index (κ2) is 4.65. The predicted octanol–water partition coefficient (Wildman–Crippen LogP) is 1.75. The maximum absolute atomic E-state index is 13.2. The first kappa shape index (κ1) is 12.0. The van der Waals surface area contributed by atoms with Gasteiger partial charge in [-0.3, -0.25) is 0 Å². The molecule has 0 aromatic carbocycles. The molecule has 0 saturated heterocycles. The molecule has 0 saturated carbocycles. The molecule has 0 fully saturated rings. The lowest BCUT2D eigenvalue weighted by Crippen LogP contribution is -2.26. The molecule has 0 radical (unpaired) electrons. The molecular formula is C9H15FN4S. The molecule has 1 aromatic heterocycles. The lowest BCUT2D eigenvalue weighted by Gasteiger charge is -2.22. The van der Waals surface area contributed by atoms with Gasteiger partial charge in [-0.1, -0.05) is 0 Å². The van der Waals surface area contributed by atoms with Crippen LogP contribution in [0.1, 0.15) is 13.8 Å². The minimum atomic E-state index is -0.485. The standard InChI is InChI=1S/C9H15FN4S/c1-9(2,15-3)5-13-7-6(10)4-12-8(11)14-7/h4H,5H2,1-3H3,(H3,11,12,13,14). The Balaban J connectivity index is 2.69. The Morgan fingerprint density at radius 2 is 2.27 bits per heavy atom. The molecule has 1 rings (SSSR count). The van der Waals surface area contributed by atoms with Crippen molar-refractivity contribution >= 4 is 23.5 Å². The van der Waals surface area contributed by atoms with Crippen molar-refractivity contribution in [2.75, 3.05) is 23.9 Å². The number of anilines is 2. The van der Waals surface area contributed by atoms with Crippen LogP contribution in [0, 0.1) is 5.82 Å². The zero-order valence-corrected chi connectivity index (χ0v) is 9.86. The average molecular weight is 230 g/mol. The third-order valence-corrected chi connectivity index (χ3v) is 3.25. The Bertz CT molecular complexity index is 343. The van der Waals surface area contributed by atoms with Crippen LogP contribution < -0.4 is 11.1 Å². The van der Waals surface area contributed by atoms with Gasteiger partial charge in [0.05, 0.1) is 6.20 Å². The minimum Gasteiger partial charge on any atom is -0.368 e. The molecule has 0 aliphatic carbocycles. The van der Waals surface area contributed by atoms with E-state index in [0.717, 1.165) is 6.20 Å². The van der Waals surface area contributed by atoms with E-state index in [-0.39, 0.29) is 16.5 Å². The molecule has 0 aliphatic heterocycles. The van der Waals surface area contributed by atoms with Crippen LogP contribution in [0.25, 0.3) is 0 Å². The smallest absolute Gasteiger partial charge is 0.222 e. The van der Waals surface area contributed by atoms with Gasteiger partial charge in [0.25, 0.3) is 0 Å². The van der Waals surface area contributed by atoms with Gasteiger partial charge in [-0.25, -0.2) is 9.37 Å². The summed E-state index contributed by atoms with van der Waals surface area (Å²) in [6.45, 7) is 4.74. The molecule has 1 heterocycles. The summed E-state index contributed by atoms with van der Waals surface area (Å²) in [4.78, 5) is 7.33. The van der Waals surface area contributed by atoms with Crippen molar-refractivity contribution in [1.29, 1.82) is 0 Å².